The first-order valence-electron chi connectivity index (χ1n) is 21.8. The topological polar surface area (TPSA) is 158 Å². The Morgan fingerprint density at radius 2 is 1.43 bits per heavy atom. The molecule has 5 heterocycles. The van der Waals surface area contributed by atoms with Crippen LogP contribution < -0.4 is 10.5 Å². The lowest BCUT2D eigenvalue weighted by Gasteiger charge is -2.32. The minimum atomic E-state index is -0.477. The van der Waals surface area contributed by atoms with E-state index < -0.39 is 6.04 Å². The molecule has 9 rings (SSSR count). The molecule has 14 heteroatoms. The van der Waals surface area contributed by atoms with Crippen LogP contribution in [0, 0.1) is 0 Å². The Kier molecular flexibility index (Phi) is 12.5. The number of carbonyl (C=O) groups excluding carboxylic acids is 3. The van der Waals surface area contributed by atoms with Crippen LogP contribution in [0.4, 0.5) is 5.82 Å². The molecule has 61 heavy (non-hydrogen) atoms. The number of ketones is 2. The smallest absolute Gasteiger partial charge is 0.255 e. The van der Waals surface area contributed by atoms with E-state index in [0.717, 1.165) is 104 Å². The van der Waals surface area contributed by atoms with Gasteiger partial charge in [-0.3, -0.25) is 14.4 Å². The zero-order chi connectivity index (χ0) is 41.7. The van der Waals surface area contributed by atoms with Crippen molar-refractivity contribution in [2.45, 2.75) is 69.5 Å². The molecule has 0 spiro atoms. The number of para-hydroxylation sites is 1. The van der Waals surface area contributed by atoms with Crippen LogP contribution in [0.5, 0.6) is 11.5 Å². The number of hydrogen-bond donors (Lipinski definition) is 1. The highest BCUT2D eigenvalue weighted by atomic mass is 16.5. The first-order valence-corrected chi connectivity index (χ1v) is 21.8. The molecular formula is C47H54N8O6. The summed E-state index contributed by atoms with van der Waals surface area (Å²) in [6.45, 7) is 8.63. The van der Waals surface area contributed by atoms with Crippen molar-refractivity contribution in [1.29, 1.82) is 0 Å². The third-order valence-electron chi connectivity index (χ3n) is 12.8. The quantitative estimate of drug-likeness (QED) is 0.0962. The Labute approximate surface area is 356 Å². The van der Waals surface area contributed by atoms with Gasteiger partial charge in [-0.2, -0.15) is 5.10 Å². The molecular weight excluding hydrogens is 773 g/mol. The fraction of sp³-hybridized carbons (Fsp3) is 0.447. The van der Waals surface area contributed by atoms with Gasteiger partial charge in [0.15, 0.2) is 11.4 Å². The van der Waals surface area contributed by atoms with Crippen molar-refractivity contribution in [2.75, 3.05) is 71.4 Å². The van der Waals surface area contributed by atoms with Crippen LogP contribution in [0.25, 0.3) is 22.3 Å². The number of nitrogens with two attached hydrogens (primary N) is 1. The third kappa shape index (κ3) is 9.23. The Balaban J connectivity index is 0.661. The van der Waals surface area contributed by atoms with E-state index in [1.54, 1.807) is 4.90 Å². The molecule has 1 atom stereocenters. The largest absolute Gasteiger partial charge is 0.457 e. The van der Waals surface area contributed by atoms with Crippen molar-refractivity contribution < 1.29 is 28.6 Å². The van der Waals surface area contributed by atoms with Gasteiger partial charge in [0.25, 0.3) is 5.91 Å². The maximum atomic E-state index is 13.1. The average Bonchev–Trinajstić information content (AvgIpc) is 3.84. The molecule has 5 aromatic rings. The van der Waals surface area contributed by atoms with E-state index in [1.165, 1.54) is 11.9 Å². The molecule has 2 saturated heterocycles. The number of hydrogen-bond acceptors (Lipinski definition) is 12. The molecule has 1 amide bonds. The summed E-state index contributed by atoms with van der Waals surface area (Å²) < 4.78 is 20.0. The highest BCUT2D eigenvalue weighted by Crippen LogP contribution is 2.36. The van der Waals surface area contributed by atoms with E-state index in [4.69, 9.17) is 25.0 Å². The third-order valence-corrected chi connectivity index (χ3v) is 12.8. The second-order valence-electron chi connectivity index (χ2n) is 16.7. The number of aromatic nitrogens is 4. The second kappa shape index (κ2) is 18.6. The van der Waals surface area contributed by atoms with Crippen molar-refractivity contribution in [3.05, 3.63) is 95.8 Å². The van der Waals surface area contributed by atoms with E-state index in [2.05, 4.69) is 31.9 Å². The molecule has 2 aromatic heterocycles. The number of Topliss-reactive ketones (excluding diaryl/α,β-unsaturated/α-hetero) is 2. The fourth-order valence-corrected chi connectivity index (χ4v) is 9.40. The Bertz CT molecular complexity index is 2340. The summed E-state index contributed by atoms with van der Waals surface area (Å²) in [6, 6.07) is 23.5. The van der Waals surface area contributed by atoms with E-state index in [0.29, 0.717) is 63.1 Å². The van der Waals surface area contributed by atoms with Gasteiger partial charge in [0, 0.05) is 50.3 Å². The summed E-state index contributed by atoms with van der Waals surface area (Å²) in [7, 11) is 0. The minimum Gasteiger partial charge on any atom is -0.457 e. The molecule has 14 nitrogen and oxygen atoms in total. The Hall–Kier alpha value is -5.54. The predicted molar refractivity (Wildman–Crippen MR) is 230 cm³/mol. The lowest BCUT2D eigenvalue weighted by molar-refractivity contribution is -0.133. The molecule has 4 aliphatic rings. The number of fused-ring (bicyclic) bond motifs is 2. The van der Waals surface area contributed by atoms with Crippen molar-refractivity contribution in [3.63, 3.8) is 0 Å². The zero-order valence-corrected chi connectivity index (χ0v) is 34.6. The molecule has 1 saturated carbocycles. The van der Waals surface area contributed by atoms with Crippen LogP contribution in [0.15, 0.2) is 79.1 Å². The number of nitrogens with zero attached hydrogens (tertiary/aromatic N) is 7. The van der Waals surface area contributed by atoms with Gasteiger partial charge in [0.05, 0.1) is 50.3 Å². The van der Waals surface area contributed by atoms with Crippen LogP contribution in [0.1, 0.15) is 78.4 Å². The molecule has 318 valence electrons. The van der Waals surface area contributed by atoms with Crippen LogP contribution in [-0.4, -0.2) is 124 Å². The van der Waals surface area contributed by atoms with Gasteiger partial charge in [-0.25, -0.2) is 14.6 Å². The monoisotopic (exact) mass is 826 g/mol. The van der Waals surface area contributed by atoms with Crippen molar-refractivity contribution in [3.8, 4) is 22.8 Å². The summed E-state index contributed by atoms with van der Waals surface area (Å²) in [4.78, 5) is 52.9. The van der Waals surface area contributed by atoms with Crippen LogP contribution in [0.2, 0.25) is 0 Å². The summed E-state index contributed by atoms with van der Waals surface area (Å²) in [5, 5.41) is 5.85. The van der Waals surface area contributed by atoms with Crippen LogP contribution in [0.3, 0.4) is 0 Å². The van der Waals surface area contributed by atoms with Gasteiger partial charge in [0.1, 0.15) is 35.1 Å². The number of carbonyl (C=O) groups is 3. The molecule has 3 fully saturated rings. The molecule has 1 aliphatic carbocycles. The zero-order valence-electron chi connectivity index (χ0n) is 34.6. The van der Waals surface area contributed by atoms with E-state index in [-0.39, 0.29) is 29.9 Å². The van der Waals surface area contributed by atoms with E-state index in [1.807, 2.05) is 65.3 Å². The number of nitrogen functional groups attached to an aromatic ring is 1. The number of piperidine rings is 2. The van der Waals surface area contributed by atoms with Gasteiger partial charge in [-0.1, -0.05) is 30.3 Å². The highest BCUT2D eigenvalue weighted by molar-refractivity contribution is 6.07. The molecule has 1 unspecified atom stereocenters. The Morgan fingerprint density at radius 1 is 0.738 bits per heavy atom. The molecule has 2 N–H and O–H groups in total. The maximum Gasteiger partial charge on any atom is 0.255 e. The first-order chi connectivity index (χ1) is 29.9. The van der Waals surface area contributed by atoms with Gasteiger partial charge in [-0.05, 0) is 105 Å². The summed E-state index contributed by atoms with van der Waals surface area (Å²) in [5.74, 6) is 2.17. The van der Waals surface area contributed by atoms with Crippen molar-refractivity contribution in [1.82, 2.24) is 34.4 Å². The van der Waals surface area contributed by atoms with Gasteiger partial charge in [-0.15, -0.1) is 0 Å². The number of anilines is 1. The van der Waals surface area contributed by atoms with Crippen molar-refractivity contribution in [2.24, 2.45) is 0 Å². The first kappa shape index (κ1) is 40.8. The van der Waals surface area contributed by atoms with E-state index in [9.17, 15) is 14.4 Å². The lowest BCUT2D eigenvalue weighted by atomic mass is 9.88. The van der Waals surface area contributed by atoms with Crippen LogP contribution >= 0.6 is 0 Å². The summed E-state index contributed by atoms with van der Waals surface area (Å²) in [6.07, 6.45) is 6.29. The predicted octanol–water partition coefficient (Wildman–Crippen LogP) is 6.06. The highest BCUT2D eigenvalue weighted by Gasteiger charge is 2.39. The number of benzene rings is 3. The average molecular weight is 827 g/mol. The second-order valence-corrected chi connectivity index (χ2v) is 16.7. The SMILES string of the molecule is Nc1ncnc2c1c(-c1ccc(Oc3ccccc3)cc1)nn2C1CCN(CCOCCOCCN2CCC(c3ccc4c(c3)CN(C3CCC(=O)CC3=O)C4=O)CC2)CC1. The normalized spacial score (nSPS) is 19.6. The molecule has 0 bridgehead atoms. The van der Waals surface area contributed by atoms with Crippen molar-refractivity contribution >= 4 is 34.3 Å². The standard InChI is InChI=1S/C47H54N8O6/c48-45-43-44(33-6-10-39(11-7-33)61-38-4-2-1-3-5-38)51-55(46(43)50-31-49-45)36-16-20-53(21-17-36)23-25-60-27-26-59-24-22-52-18-14-32(15-19-52)34-8-12-40-35(28-34)30-54(47(40)58)41-13-9-37(56)29-42(41)57/h1-8,10-12,28,31-32,36,41H,9,13-27,29-30H2,(H2,48,49,50). The van der Waals surface area contributed by atoms with Gasteiger partial charge in [0.2, 0.25) is 0 Å². The van der Waals surface area contributed by atoms with Gasteiger partial charge >= 0.3 is 0 Å². The number of amides is 1. The Morgan fingerprint density at radius 3 is 2.13 bits per heavy atom. The van der Waals surface area contributed by atoms with E-state index >= 15 is 0 Å². The molecule has 3 aromatic carbocycles. The maximum absolute atomic E-state index is 13.1. The number of rotatable bonds is 15. The summed E-state index contributed by atoms with van der Waals surface area (Å²) in [5.41, 5.74) is 11.8. The molecule has 0 radical (unpaired) electrons. The number of ether oxygens (including phenoxy) is 3. The summed E-state index contributed by atoms with van der Waals surface area (Å²) >= 11 is 0. The van der Waals surface area contributed by atoms with Gasteiger partial charge < -0.3 is 34.6 Å². The fourth-order valence-electron chi connectivity index (χ4n) is 9.40. The number of likely N-dealkylation sites (tertiary alicyclic amines) is 2. The lowest BCUT2D eigenvalue weighted by Crippen LogP contribution is -2.44. The van der Waals surface area contributed by atoms with Crippen LogP contribution in [-0.2, 0) is 25.6 Å². The molecule has 3 aliphatic heterocycles. The minimum absolute atomic E-state index is 0.0236.